The third-order valence-electron chi connectivity index (χ3n) is 10.5. The van der Waals surface area contributed by atoms with Gasteiger partial charge in [0.2, 0.25) is 5.91 Å². The Bertz CT molecular complexity index is 2010. The van der Waals surface area contributed by atoms with Crippen LogP contribution in [0.15, 0.2) is 30.5 Å². The normalized spacial score (nSPS) is 20.2. The minimum atomic E-state index is -2.17. The smallest absolute Gasteiger partial charge is 0.321 e. The third kappa shape index (κ3) is 5.61. The Morgan fingerprint density at radius 3 is 2.67 bits per heavy atom. The summed E-state index contributed by atoms with van der Waals surface area (Å²) in [6, 6.07) is 5.03. The molecule has 0 bridgehead atoms. The molecule has 5 heterocycles. The molecule has 3 aliphatic rings. The maximum atomic E-state index is 17.0. The Balaban J connectivity index is 1.39. The summed E-state index contributed by atoms with van der Waals surface area (Å²) in [7, 11) is 8.32. The highest BCUT2D eigenvalue weighted by Crippen LogP contribution is 2.46. The van der Waals surface area contributed by atoms with E-state index in [9.17, 15) is 19.4 Å². The van der Waals surface area contributed by atoms with Gasteiger partial charge in [-0.05, 0) is 81.1 Å². The molecule has 3 saturated heterocycles. The topological polar surface area (TPSA) is 115 Å². The number of piperidine rings is 1. The van der Waals surface area contributed by atoms with E-state index in [0.717, 1.165) is 38.8 Å². The molecule has 252 valence electrons. The number of amides is 1. The Hall–Kier alpha value is -4.54. The Morgan fingerprint density at radius 1 is 1.20 bits per heavy atom. The summed E-state index contributed by atoms with van der Waals surface area (Å²) >= 11 is 0. The second-order valence-corrected chi connectivity index (χ2v) is 13.5. The average molecular weight is 667 g/mol. The monoisotopic (exact) mass is 666 g/mol. The molecule has 0 saturated carbocycles. The van der Waals surface area contributed by atoms with E-state index in [0.29, 0.717) is 43.7 Å². The van der Waals surface area contributed by atoms with Gasteiger partial charge in [0.15, 0.2) is 19.3 Å². The number of benzene rings is 2. The van der Waals surface area contributed by atoms with E-state index in [-0.39, 0.29) is 56.7 Å². The number of fused-ring (bicyclic) bond motifs is 3. The summed E-state index contributed by atoms with van der Waals surface area (Å²) in [4.78, 5) is 31.4. The van der Waals surface area contributed by atoms with Crippen LogP contribution in [0.4, 0.5) is 14.6 Å². The van der Waals surface area contributed by atoms with Crippen molar-refractivity contribution in [2.75, 3.05) is 44.7 Å². The van der Waals surface area contributed by atoms with Crippen LogP contribution in [-0.4, -0.2) is 99.7 Å². The van der Waals surface area contributed by atoms with Crippen LogP contribution >= 0.6 is 0 Å². The summed E-state index contributed by atoms with van der Waals surface area (Å²) in [5.41, 5.74) is -3.40. The van der Waals surface area contributed by atoms with Crippen LogP contribution in [0, 0.1) is 29.9 Å². The number of phenolic OH excluding ortho intramolecular Hbond substituents is 1. The fraction of sp³-hybridized carbons (Fsp3) is 0.444. The highest BCUT2D eigenvalue weighted by atomic mass is 19.1. The molecule has 3 fully saturated rings. The number of phenols is 1. The molecule has 0 aliphatic carbocycles. The number of carbonyl (C=O) groups is 1. The minimum absolute atomic E-state index is 0.0408. The lowest BCUT2D eigenvalue weighted by atomic mass is 9.73. The van der Waals surface area contributed by atoms with Crippen molar-refractivity contribution in [3.8, 4) is 35.4 Å². The molecule has 2 unspecified atom stereocenters. The first-order valence-electron chi connectivity index (χ1n) is 16.6. The third-order valence-corrected chi connectivity index (χ3v) is 10.5. The van der Waals surface area contributed by atoms with Crippen LogP contribution in [0.25, 0.3) is 32.9 Å². The van der Waals surface area contributed by atoms with E-state index in [2.05, 4.69) is 20.8 Å². The Kier molecular flexibility index (Phi) is 8.36. The van der Waals surface area contributed by atoms with Crippen molar-refractivity contribution >= 4 is 41.2 Å². The van der Waals surface area contributed by atoms with Crippen molar-refractivity contribution in [2.24, 2.45) is 5.92 Å². The second kappa shape index (κ2) is 12.4. The van der Waals surface area contributed by atoms with Gasteiger partial charge in [-0.3, -0.25) is 14.7 Å². The molecule has 2 N–H and O–H groups in total. The lowest BCUT2D eigenvalue weighted by molar-refractivity contribution is -0.154. The summed E-state index contributed by atoms with van der Waals surface area (Å²) in [5.74, 6) is 1.02. The molecule has 2 radical (unpaired) electrons. The molecule has 0 spiro atoms. The second-order valence-electron chi connectivity index (χ2n) is 13.5. The molecule has 4 aromatic rings. The standard InChI is InChI=1S/C36H37BF2N6O4/c1-4-25-28(38)10-9-23-16-24(47)17-26(29(23)25)31-30(39)32-27(18-40-31)33(44-13-5-8-22(20-44)19-43(3)21(2)46)42-34(41-32)49-36(37,48)35-11-6-14-45(35)15-7-12-35/h1,9-10,16-18,22,47-48H,5-8,11-15,19-20H2,2-3H3. The molecule has 2 aromatic heterocycles. The van der Waals surface area contributed by atoms with Crippen LogP contribution in [0.3, 0.4) is 0 Å². The number of aromatic nitrogens is 3. The molecular weight excluding hydrogens is 629 g/mol. The van der Waals surface area contributed by atoms with Gasteiger partial charge in [0.25, 0.3) is 0 Å². The molecule has 1 amide bonds. The number of terminal acetylenes is 1. The highest BCUT2D eigenvalue weighted by Gasteiger charge is 2.57. The van der Waals surface area contributed by atoms with Gasteiger partial charge >= 0.3 is 6.01 Å². The number of aromatic hydroxyl groups is 1. The van der Waals surface area contributed by atoms with E-state index in [4.69, 9.17) is 24.0 Å². The SMILES string of the molecule is [B]C(O)(Oc1nc(N2CCCC(CN(C)C(C)=O)C2)c2cnc(-c3cc(O)cc4ccc(F)c(C#C)c34)c(F)c2n1)C12CCCN1CCC2. The van der Waals surface area contributed by atoms with Gasteiger partial charge in [0.1, 0.15) is 28.6 Å². The summed E-state index contributed by atoms with van der Waals surface area (Å²) < 4.78 is 37.9. The number of aliphatic hydroxyl groups is 1. The van der Waals surface area contributed by atoms with E-state index in [1.807, 2.05) is 4.90 Å². The first-order chi connectivity index (χ1) is 23.4. The number of rotatable bonds is 7. The largest absolute Gasteiger partial charge is 0.508 e. The zero-order valence-electron chi connectivity index (χ0n) is 27.5. The predicted octanol–water partition coefficient (Wildman–Crippen LogP) is 4.33. The van der Waals surface area contributed by atoms with Gasteiger partial charge in [-0.15, -0.1) is 6.42 Å². The maximum absolute atomic E-state index is 17.0. The van der Waals surface area contributed by atoms with E-state index in [1.54, 1.807) is 11.9 Å². The highest BCUT2D eigenvalue weighted by molar-refractivity contribution is 6.14. The van der Waals surface area contributed by atoms with Gasteiger partial charge in [-0.25, -0.2) is 8.78 Å². The van der Waals surface area contributed by atoms with Crippen molar-refractivity contribution < 1.29 is 28.5 Å². The fourth-order valence-corrected chi connectivity index (χ4v) is 8.10. The molecule has 10 nitrogen and oxygen atoms in total. The number of hydrogen-bond acceptors (Lipinski definition) is 9. The number of nitrogens with zero attached hydrogens (tertiary/aromatic N) is 6. The van der Waals surface area contributed by atoms with Crippen LogP contribution in [0.1, 0.15) is 51.0 Å². The van der Waals surface area contributed by atoms with Crippen molar-refractivity contribution in [2.45, 2.75) is 56.7 Å². The first-order valence-corrected chi connectivity index (χ1v) is 16.6. The Labute approximate surface area is 284 Å². The molecule has 2 atom stereocenters. The van der Waals surface area contributed by atoms with Crippen molar-refractivity contribution in [3.05, 3.63) is 47.7 Å². The van der Waals surface area contributed by atoms with Gasteiger partial charge in [0.05, 0.1) is 16.5 Å². The first kappa shape index (κ1) is 33.0. The molecule has 49 heavy (non-hydrogen) atoms. The zero-order valence-corrected chi connectivity index (χ0v) is 27.5. The van der Waals surface area contributed by atoms with Crippen LogP contribution in [-0.2, 0) is 4.79 Å². The Morgan fingerprint density at radius 2 is 1.96 bits per heavy atom. The molecule has 2 aromatic carbocycles. The number of carbonyl (C=O) groups excluding carboxylic acids is 1. The summed E-state index contributed by atoms with van der Waals surface area (Å²) in [5, 5.41) is 23.2. The minimum Gasteiger partial charge on any atom is -0.508 e. The number of halogens is 2. The van der Waals surface area contributed by atoms with Gasteiger partial charge < -0.3 is 24.7 Å². The van der Waals surface area contributed by atoms with Crippen molar-refractivity contribution in [1.29, 1.82) is 0 Å². The number of anilines is 1. The fourth-order valence-electron chi connectivity index (χ4n) is 8.10. The van der Waals surface area contributed by atoms with E-state index < -0.39 is 22.9 Å². The lowest BCUT2D eigenvalue weighted by Gasteiger charge is -2.44. The van der Waals surface area contributed by atoms with Gasteiger partial charge in [-0.1, -0.05) is 12.0 Å². The number of hydrogen-bond donors (Lipinski definition) is 2. The number of pyridine rings is 1. The maximum Gasteiger partial charge on any atom is 0.321 e. The van der Waals surface area contributed by atoms with Crippen LogP contribution < -0.4 is 9.64 Å². The number of ether oxygens (including phenoxy) is 1. The lowest BCUT2D eigenvalue weighted by Crippen LogP contribution is -2.62. The summed E-state index contributed by atoms with van der Waals surface area (Å²) in [6.07, 6.45) is 11.7. The van der Waals surface area contributed by atoms with Crippen molar-refractivity contribution in [3.63, 3.8) is 0 Å². The van der Waals surface area contributed by atoms with Crippen molar-refractivity contribution in [1.82, 2.24) is 24.8 Å². The van der Waals surface area contributed by atoms with Gasteiger partial charge in [-0.2, -0.15) is 9.97 Å². The zero-order chi connectivity index (χ0) is 34.7. The van der Waals surface area contributed by atoms with E-state index in [1.165, 1.54) is 37.4 Å². The average Bonchev–Trinajstić information content (AvgIpc) is 3.68. The molecule has 13 heteroatoms. The molecule has 7 rings (SSSR count). The van der Waals surface area contributed by atoms with Crippen LogP contribution in [0.5, 0.6) is 11.8 Å². The van der Waals surface area contributed by atoms with E-state index >= 15 is 4.39 Å². The summed E-state index contributed by atoms with van der Waals surface area (Å²) in [6.45, 7) is 4.71. The van der Waals surface area contributed by atoms with Crippen LogP contribution in [0.2, 0.25) is 0 Å². The quantitative estimate of drug-likeness (QED) is 0.169. The predicted molar refractivity (Wildman–Crippen MR) is 182 cm³/mol. The molecule has 3 aliphatic heterocycles. The molecular formula is C36H37BF2N6O4. The van der Waals surface area contributed by atoms with Gasteiger partial charge in [0, 0.05) is 50.8 Å².